The third-order valence-corrected chi connectivity index (χ3v) is 3.09. The molecule has 0 radical (unpaired) electrons. The molecule has 0 aliphatic heterocycles. The van der Waals surface area contributed by atoms with E-state index in [1.807, 2.05) is 31.2 Å². The fourth-order valence-electron chi connectivity index (χ4n) is 1.78. The number of rotatable bonds is 3. The van der Waals surface area contributed by atoms with Gasteiger partial charge < -0.3 is 5.32 Å². The summed E-state index contributed by atoms with van der Waals surface area (Å²) in [5.41, 5.74) is 1.73. The fourth-order valence-corrected chi connectivity index (χ4v) is 1.91. The highest BCUT2D eigenvalue weighted by Gasteiger charge is 2.07. The third kappa shape index (κ3) is 3.24. The first-order valence-electron chi connectivity index (χ1n) is 5.82. The highest BCUT2D eigenvalue weighted by molar-refractivity contribution is 6.30. The van der Waals surface area contributed by atoms with Gasteiger partial charge in [0, 0.05) is 16.8 Å². The Hall–Kier alpha value is -2.05. The van der Waals surface area contributed by atoms with Gasteiger partial charge in [-0.25, -0.2) is 4.39 Å². The van der Waals surface area contributed by atoms with Crippen molar-refractivity contribution in [1.29, 1.82) is 5.26 Å². The van der Waals surface area contributed by atoms with Gasteiger partial charge in [0.15, 0.2) is 0 Å². The smallest absolute Gasteiger partial charge is 0.143 e. The lowest BCUT2D eigenvalue weighted by molar-refractivity contribution is 0.624. The number of anilines is 1. The van der Waals surface area contributed by atoms with Crippen LogP contribution in [-0.2, 0) is 0 Å². The van der Waals surface area contributed by atoms with Crippen LogP contribution in [0.5, 0.6) is 0 Å². The summed E-state index contributed by atoms with van der Waals surface area (Å²) in [6.45, 7) is 1.97. The molecule has 19 heavy (non-hydrogen) atoms. The van der Waals surface area contributed by atoms with Crippen molar-refractivity contribution in [2.75, 3.05) is 5.32 Å². The summed E-state index contributed by atoms with van der Waals surface area (Å²) in [6.07, 6.45) is 0. The summed E-state index contributed by atoms with van der Waals surface area (Å²) < 4.78 is 13.5. The molecule has 1 N–H and O–H groups in total. The van der Waals surface area contributed by atoms with Gasteiger partial charge in [0.25, 0.3) is 0 Å². The van der Waals surface area contributed by atoms with E-state index in [0.29, 0.717) is 10.7 Å². The lowest BCUT2D eigenvalue weighted by atomic mass is 10.1. The Morgan fingerprint density at radius 1 is 1.21 bits per heavy atom. The average molecular weight is 275 g/mol. The second-order valence-electron chi connectivity index (χ2n) is 4.22. The predicted octanol–water partition coefficient (Wildman–Crippen LogP) is 4.52. The third-order valence-electron chi connectivity index (χ3n) is 2.84. The van der Waals surface area contributed by atoms with Crippen LogP contribution in [0.25, 0.3) is 0 Å². The molecule has 0 aromatic heterocycles. The van der Waals surface area contributed by atoms with Crippen LogP contribution in [0.4, 0.5) is 10.1 Å². The minimum Gasteiger partial charge on any atom is -0.378 e. The number of hydrogen-bond donors (Lipinski definition) is 1. The summed E-state index contributed by atoms with van der Waals surface area (Å²) in [6, 6.07) is 13.8. The Labute approximate surface area is 116 Å². The van der Waals surface area contributed by atoms with Gasteiger partial charge in [-0.05, 0) is 42.8 Å². The normalized spacial score (nSPS) is 11.7. The Bertz CT molecular complexity index is 617. The zero-order valence-electron chi connectivity index (χ0n) is 10.3. The molecule has 1 atom stereocenters. The Kier molecular flexibility index (Phi) is 4.03. The van der Waals surface area contributed by atoms with Crippen LogP contribution < -0.4 is 5.32 Å². The van der Waals surface area contributed by atoms with Crippen molar-refractivity contribution in [2.24, 2.45) is 0 Å². The van der Waals surface area contributed by atoms with Crippen LogP contribution in [0.3, 0.4) is 0 Å². The van der Waals surface area contributed by atoms with E-state index in [4.69, 9.17) is 16.9 Å². The molecule has 1 unspecified atom stereocenters. The number of nitrogens with zero attached hydrogens (tertiary/aromatic N) is 1. The molecule has 0 fully saturated rings. The topological polar surface area (TPSA) is 35.8 Å². The molecule has 0 heterocycles. The summed E-state index contributed by atoms with van der Waals surface area (Å²) in [5.74, 6) is -0.518. The monoisotopic (exact) mass is 274 g/mol. The predicted molar refractivity (Wildman–Crippen MR) is 74.6 cm³/mol. The molecule has 0 spiro atoms. The molecule has 4 heteroatoms. The van der Waals surface area contributed by atoms with E-state index in [-0.39, 0.29) is 11.6 Å². The van der Waals surface area contributed by atoms with Crippen molar-refractivity contribution in [3.63, 3.8) is 0 Å². The Balaban J connectivity index is 2.15. The van der Waals surface area contributed by atoms with Crippen molar-refractivity contribution in [2.45, 2.75) is 13.0 Å². The molecule has 96 valence electrons. The Morgan fingerprint density at radius 2 is 1.89 bits per heavy atom. The summed E-state index contributed by atoms with van der Waals surface area (Å²) >= 11 is 5.83. The lowest BCUT2D eigenvalue weighted by Gasteiger charge is -2.16. The van der Waals surface area contributed by atoms with E-state index in [1.54, 1.807) is 12.1 Å². The van der Waals surface area contributed by atoms with Gasteiger partial charge in [-0.1, -0.05) is 23.7 Å². The number of halogens is 2. The van der Waals surface area contributed by atoms with Crippen LogP contribution in [0.2, 0.25) is 5.02 Å². The number of nitrogens with one attached hydrogen (secondary N) is 1. The second-order valence-corrected chi connectivity index (χ2v) is 4.66. The maximum absolute atomic E-state index is 13.5. The molecule has 0 saturated carbocycles. The van der Waals surface area contributed by atoms with Gasteiger partial charge in [0.05, 0.1) is 5.56 Å². The zero-order chi connectivity index (χ0) is 13.8. The Morgan fingerprint density at radius 3 is 2.47 bits per heavy atom. The van der Waals surface area contributed by atoms with E-state index in [9.17, 15) is 4.39 Å². The summed E-state index contributed by atoms with van der Waals surface area (Å²) in [5, 5.41) is 12.5. The van der Waals surface area contributed by atoms with E-state index in [1.165, 1.54) is 12.1 Å². The minimum atomic E-state index is -0.518. The first-order chi connectivity index (χ1) is 9.10. The standard InChI is InChI=1S/C15H12ClFN2/c1-10(11-2-5-13(16)6-3-11)19-14-7-4-12(9-18)15(17)8-14/h2-8,10,19H,1H3. The average Bonchev–Trinajstić information content (AvgIpc) is 2.39. The molecule has 0 aliphatic rings. The maximum atomic E-state index is 13.5. The SMILES string of the molecule is CC(Nc1ccc(C#N)c(F)c1)c1ccc(Cl)cc1. The van der Waals surface area contributed by atoms with Crippen molar-refractivity contribution in [3.05, 3.63) is 64.4 Å². The van der Waals surface area contributed by atoms with Gasteiger partial charge in [-0.15, -0.1) is 0 Å². The largest absolute Gasteiger partial charge is 0.378 e. The van der Waals surface area contributed by atoms with Crippen molar-refractivity contribution >= 4 is 17.3 Å². The van der Waals surface area contributed by atoms with E-state index in [0.717, 1.165) is 5.56 Å². The molecule has 0 bridgehead atoms. The molecule has 2 aromatic carbocycles. The number of benzene rings is 2. The lowest BCUT2D eigenvalue weighted by Crippen LogP contribution is -2.06. The summed E-state index contributed by atoms with van der Waals surface area (Å²) in [4.78, 5) is 0. The van der Waals surface area contributed by atoms with Gasteiger partial charge >= 0.3 is 0 Å². The molecule has 2 nitrogen and oxygen atoms in total. The number of hydrogen-bond acceptors (Lipinski definition) is 2. The fraction of sp³-hybridized carbons (Fsp3) is 0.133. The molecule has 0 aliphatic carbocycles. The van der Waals surface area contributed by atoms with Gasteiger partial charge in [-0.3, -0.25) is 0 Å². The van der Waals surface area contributed by atoms with Gasteiger partial charge in [-0.2, -0.15) is 5.26 Å². The maximum Gasteiger partial charge on any atom is 0.143 e. The highest BCUT2D eigenvalue weighted by Crippen LogP contribution is 2.22. The van der Waals surface area contributed by atoms with E-state index >= 15 is 0 Å². The first kappa shape index (κ1) is 13.4. The van der Waals surface area contributed by atoms with Crippen LogP contribution >= 0.6 is 11.6 Å². The van der Waals surface area contributed by atoms with Gasteiger partial charge in [0.2, 0.25) is 0 Å². The van der Waals surface area contributed by atoms with E-state index < -0.39 is 5.82 Å². The second kappa shape index (κ2) is 5.73. The van der Waals surface area contributed by atoms with E-state index in [2.05, 4.69) is 5.32 Å². The summed E-state index contributed by atoms with van der Waals surface area (Å²) in [7, 11) is 0. The molecular weight excluding hydrogens is 263 g/mol. The molecular formula is C15H12ClFN2. The molecule has 2 rings (SSSR count). The zero-order valence-corrected chi connectivity index (χ0v) is 11.1. The number of nitriles is 1. The quantitative estimate of drug-likeness (QED) is 0.893. The van der Waals surface area contributed by atoms with Crippen LogP contribution in [0, 0.1) is 17.1 Å². The highest BCUT2D eigenvalue weighted by atomic mass is 35.5. The minimum absolute atomic E-state index is 0.0182. The molecule has 0 amide bonds. The van der Waals surface area contributed by atoms with Crippen molar-refractivity contribution < 1.29 is 4.39 Å². The van der Waals surface area contributed by atoms with Crippen LogP contribution in [-0.4, -0.2) is 0 Å². The van der Waals surface area contributed by atoms with Crippen LogP contribution in [0.15, 0.2) is 42.5 Å². The first-order valence-corrected chi connectivity index (χ1v) is 6.19. The van der Waals surface area contributed by atoms with Crippen molar-refractivity contribution in [1.82, 2.24) is 0 Å². The van der Waals surface area contributed by atoms with Crippen molar-refractivity contribution in [3.8, 4) is 6.07 Å². The molecule has 2 aromatic rings. The van der Waals surface area contributed by atoms with Gasteiger partial charge in [0.1, 0.15) is 11.9 Å². The van der Waals surface area contributed by atoms with Crippen LogP contribution in [0.1, 0.15) is 24.1 Å². The molecule has 0 saturated heterocycles.